The molecule has 3 rings (SSSR count). The largest absolute Gasteiger partial charge is 0.272 e. The Labute approximate surface area is 168 Å². The number of aryl methyl sites for hydroxylation is 1. The molecule has 0 atom stereocenters. The average Bonchev–Trinajstić information content (AvgIpc) is 2.72. The summed E-state index contributed by atoms with van der Waals surface area (Å²) in [6.45, 7) is 3.53. The molecule has 0 aromatic heterocycles. The summed E-state index contributed by atoms with van der Waals surface area (Å²) in [6, 6.07) is 17.6. The Bertz CT molecular complexity index is 1190. The number of sulfonamides is 1. The van der Waals surface area contributed by atoms with Crippen LogP contribution in [-0.4, -0.2) is 19.2 Å². The van der Waals surface area contributed by atoms with Crippen LogP contribution in [0.1, 0.15) is 21.5 Å². The maximum Gasteiger partial charge on any atom is 0.272 e. The lowest BCUT2D eigenvalue weighted by Crippen LogP contribution is -2.37. The second-order valence-electron chi connectivity index (χ2n) is 6.41. The van der Waals surface area contributed by atoms with Crippen LogP contribution in [0, 0.1) is 24.0 Å². The number of amides is 1. The number of rotatable bonds is 5. The van der Waals surface area contributed by atoms with E-state index < -0.39 is 20.9 Å². The van der Waals surface area contributed by atoms with Gasteiger partial charge in [-0.2, -0.15) is 4.31 Å². The van der Waals surface area contributed by atoms with Crippen molar-refractivity contribution in [3.8, 4) is 0 Å². The fraction of sp³-hybridized carbons (Fsp3) is 0.0952. The molecule has 29 heavy (non-hydrogen) atoms. The van der Waals surface area contributed by atoms with Crippen LogP contribution in [0.25, 0.3) is 0 Å². The number of carbonyl (C=O) groups excluding carboxylic acids is 1. The third-order valence-corrected chi connectivity index (χ3v) is 6.28. The van der Waals surface area contributed by atoms with Gasteiger partial charge in [0.05, 0.1) is 15.5 Å². The summed E-state index contributed by atoms with van der Waals surface area (Å²) in [7, 11) is -4.26. The molecule has 1 amide bonds. The van der Waals surface area contributed by atoms with Crippen molar-refractivity contribution in [2.75, 3.05) is 4.31 Å². The molecule has 0 saturated heterocycles. The molecule has 0 aliphatic heterocycles. The van der Waals surface area contributed by atoms with Crippen molar-refractivity contribution in [3.05, 3.63) is 99.6 Å². The zero-order valence-electron chi connectivity index (χ0n) is 15.8. The van der Waals surface area contributed by atoms with Gasteiger partial charge in [0.25, 0.3) is 21.6 Å². The Morgan fingerprint density at radius 3 is 2.24 bits per heavy atom. The number of nitro benzene ring substituents is 1. The maximum absolute atomic E-state index is 13.4. The van der Waals surface area contributed by atoms with E-state index in [9.17, 15) is 23.3 Å². The van der Waals surface area contributed by atoms with Crippen LogP contribution in [0.15, 0.2) is 77.7 Å². The molecular formula is C21H18N2O5S. The topological polar surface area (TPSA) is 97.6 Å². The Balaban J connectivity index is 2.24. The molecule has 0 spiro atoms. The minimum atomic E-state index is -4.26. The molecule has 0 heterocycles. The zero-order valence-corrected chi connectivity index (χ0v) is 16.6. The first kappa shape index (κ1) is 20.2. The summed E-state index contributed by atoms with van der Waals surface area (Å²) in [4.78, 5) is 23.7. The minimum absolute atomic E-state index is 0.0558. The van der Waals surface area contributed by atoms with Gasteiger partial charge in [-0.05, 0) is 49.2 Å². The second kappa shape index (κ2) is 7.84. The quantitative estimate of drug-likeness (QED) is 0.463. The Morgan fingerprint density at radius 2 is 1.59 bits per heavy atom. The first-order chi connectivity index (χ1) is 13.7. The highest BCUT2D eigenvalue weighted by atomic mass is 32.2. The van der Waals surface area contributed by atoms with Crippen LogP contribution < -0.4 is 4.31 Å². The van der Waals surface area contributed by atoms with E-state index in [1.807, 2.05) is 13.0 Å². The van der Waals surface area contributed by atoms with Gasteiger partial charge in [-0.3, -0.25) is 14.9 Å². The number of carbonyl (C=O) groups is 1. The number of benzene rings is 3. The van der Waals surface area contributed by atoms with Crippen molar-refractivity contribution in [1.82, 2.24) is 0 Å². The lowest BCUT2D eigenvalue weighted by molar-refractivity contribution is -0.384. The van der Waals surface area contributed by atoms with Crippen molar-refractivity contribution in [2.24, 2.45) is 0 Å². The minimum Gasteiger partial charge on any atom is -0.268 e. The molecule has 0 bridgehead atoms. The van der Waals surface area contributed by atoms with Crippen molar-refractivity contribution >= 4 is 27.3 Å². The first-order valence-electron chi connectivity index (χ1n) is 8.69. The fourth-order valence-corrected chi connectivity index (χ4v) is 4.36. The van der Waals surface area contributed by atoms with Gasteiger partial charge in [0.1, 0.15) is 0 Å². The molecule has 0 radical (unpaired) electrons. The molecule has 0 saturated carbocycles. The summed E-state index contributed by atoms with van der Waals surface area (Å²) in [5.41, 5.74) is 1.23. The smallest absolute Gasteiger partial charge is 0.268 e. The maximum atomic E-state index is 13.4. The molecule has 7 nitrogen and oxygen atoms in total. The highest BCUT2D eigenvalue weighted by Gasteiger charge is 2.33. The van der Waals surface area contributed by atoms with Gasteiger partial charge in [-0.25, -0.2) is 8.42 Å². The summed E-state index contributed by atoms with van der Waals surface area (Å²) in [5, 5.41) is 11.1. The van der Waals surface area contributed by atoms with E-state index in [1.54, 1.807) is 31.2 Å². The van der Waals surface area contributed by atoms with Gasteiger partial charge in [-0.1, -0.05) is 36.4 Å². The highest BCUT2D eigenvalue weighted by Crippen LogP contribution is 2.30. The van der Waals surface area contributed by atoms with Crippen molar-refractivity contribution < 1.29 is 18.1 Å². The molecule has 0 aliphatic rings. The van der Waals surface area contributed by atoms with Crippen LogP contribution in [0.5, 0.6) is 0 Å². The molecule has 148 valence electrons. The van der Waals surface area contributed by atoms with Crippen LogP contribution in [-0.2, 0) is 10.0 Å². The normalized spacial score (nSPS) is 11.1. The molecule has 0 N–H and O–H groups in total. The predicted molar refractivity (Wildman–Crippen MR) is 109 cm³/mol. The van der Waals surface area contributed by atoms with E-state index in [0.717, 1.165) is 11.6 Å². The average molecular weight is 410 g/mol. The van der Waals surface area contributed by atoms with Crippen LogP contribution in [0.3, 0.4) is 0 Å². The molecule has 0 unspecified atom stereocenters. The van der Waals surface area contributed by atoms with Crippen LogP contribution >= 0.6 is 0 Å². The van der Waals surface area contributed by atoms with E-state index in [2.05, 4.69) is 0 Å². The number of nitro groups is 1. The monoisotopic (exact) mass is 410 g/mol. The molecule has 3 aromatic carbocycles. The van der Waals surface area contributed by atoms with Crippen molar-refractivity contribution in [1.29, 1.82) is 0 Å². The summed E-state index contributed by atoms with van der Waals surface area (Å²) >= 11 is 0. The summed E-state index contributed by atoms with van der Waals surface area (Å²) in [5.74, 6) is -0.869. The van der Waals surface area contributed by atoms with Crippen molar-refractivity contribution in [3.63, 3.8) is 0 Å². The first-order valence-corrected chi connectivity index (χ1v) is 10.1. The van der Waals surface area contributed by atoms with Gasteiger partial charge < -0.3 is 0 Å². The third kappa shape index (κ3) is 3.88. The van der Waals surface area contributed by atoms with E-state index in [-0.39, 0.29) is 21.8 Å². The van der Waals surface area contributed by atoms with E-state index in [0.29, 0.717) is 9.87 Å². The predicted octanol–water partition coefficient (Wildman–Crippen LogP) is 4.25. The van der Waals surface area contributed by atoms with E-state index >= 15 is 0 Å². The van der Waals surface area contributed by atoms with Crippen LogP contribution in [0.4, 0.5) is 11.4 Å². The SMILES string of the molecule is Cc1cccc(N(C(=O)c2cccc([N+](=O)[O-])c2)S(=O)(=O)c2ccccc2)c1C. The fourth-order valence-electron chi connectivity index (χ4n) is 2.87. The summed E-state index contributed by atoms with van der Waals surface area (Å²) < 4.78 is 27.5. The highest BCUT2D eigenvalue weighted by molar-refractivity contribution is 7.93. The number of anilines is 1. The Hall–Kier alpha value is -3.52. The standard InChI is InChI=1S/C21H18N2O5S/c1-15-8-6-13-20(16(15)2)22(29(27,28)19-11-4-3-5-12-19)21(24)17-9-7-10-18(14-17)23(25)26/h3-14H,1-2H3. The van der Waals surface area contributed by atoms with Crippen LogP contribution in [0.2, 0.25) is 0 Å². The number of non-ortho nitro benzene ring substituents is 1. The molecular weight excluding hydrogens is 392 g/mol. The van der Waals surface area contributed by atoms with Gasteiger partial charge in [0, 0.05) is 17.7 Å². The van der Waals surface area contributed by atoms with Gasteiger partial charge in [-0.15, -0.1) is 0 Å². The molecule has 0 aliphatic carbocycles. The summed E-state index contributed by atoms with van der Waals surface area (Å²) in [6.07, 6.45) is 0. The van der Waals surface area contributed by atoms with E-state index in [1.165, 1.54) is 36.4 Å². The third-order valence-electron chi connectivity index (χ3n) is 4.56. The number of hydrogen-bond acceptors (Lipinski definition) is 5. The lowest BCUT2D eigenvalue weighted by Gasteiger charge is -2.25. The number of nitrogens with zero attached hydrogens (tertiary/aromatic N) is 2. The second-order valence-corrected chi connectivity index (χ2v) is 8.20. The molecule has 8 heteroatoms. The molecule has 3 aromatic rings. The van der Waals surface area contributed by atoms with Gasteiger partial charge >= 0.3 is 0 Å². The molecule has 0 fully saturated rings. The Morgan fingerprint density at radius 1 is 0.931 bits per heavy atom. The Kier molecular flexibility index (Phi) is 5.47. The zero-order chi connectivity index (χ0) is 21.2. The van der Waals surface area contributed by atoms with Gasteiger partial charge in [0.15, 0.2) is 0 Å². The van der Waals surface area contributed by atoms with Gasteiger partial charge in [0.2, 0.25) is 0 Å². The van der Waals surface area contributed by atoms with E-state index in [4.69, 9.17) is 0 Å². The number of hydrogen-bond donors (Lipinski definition) is 0. The van der Waals surface area contributed by atoms with Crippen molar-refractivity contribution in [2.45, 2.75) is 18.7 Å². The lowest BCUT2D eigenvalue weighted by atomic mass is 10.1.